The number of aromatic nitrogens is 1. The van der Waals surface area contributed by atoms with Crippen molar-refractivity contribution in [1.82, 2.24) is 9.88 Å². The van der Waals surface area contributed by atoms with Crippen molar-refractivity contribution < 1.29 is 9.53 Å². The van der Waals surface area contributed by atoms with Gasteiger partial charge < -0.3 is 19.3 Å². The van der Waals surface area contributed by atoms with Gasteiger partial charge in [-0.1, -0.05) is 24.1 Å². The number of hydrogen-bond donors (Lipinski definition) is 1. The third-order valence-corrected chi connectivity index (χ3v) is 7.11. The van der Waals surface area contributed by atoms with Crippen LogP contribution in [0, 0.1) is 18.3 Å². The van der Waals surface area contributed by atoms with Crippen molar-refractivity contribution in [1.29, 1.82) is 5.26 Å². The summed E-state index contributed by atoms with van der Waals surface area (Å²) < 4.78 is 8.38. The lowest BCUT2D eigenvalue weighted by atomic mass is 9.93. The number of nitrogens with zero attached hydrogens (tertiary/aromatic N) is 4. The molecule has 2 heterocycles. The summed E-state index contributed by atoms with van der Waals surface area (Å²) in [4.78, 5) is 21.8. The van der Waals surface area contributed by atoms with Crippen LogP contribution in [0.15, 0.2) is 24.3 Å². The van der Waals surface area contributed by atoms with Crippen molar-refractivity contribution >= 4 is 29.4 Å². The van der Waals surface area contributed by atoms with E-state index in [-0.39, 0.29) is 11.9 Å². The van der Waals surface area contributed by atoms with E-state index in [1.54, 1.807) is 19.1 Å². The molecular weight excluding hydrogens is 446 g/mol. The summed E-state index contributed by atoms with van der Waals surface area (Å²) in [6.07, 6.45) is 4.66. The molecule has 2 aliphatic rings. The number of pyridine rings is 1. The van der Waals surface area contributed by atoms with Gasteiger partial charge >= 0.3 is 0 Å². The summed E-state index contributed by atoms with van der Waals surface area (Å²) in [5, 5.41) is 10.2. The van der Waals surface area contributed by atoms with E-state index in [1.165, 1.54) is 0 Å². The Balaban J connectivity index is 1.69. The van der Waals surface area contributed by atoms with Gasteiger partial charge in [-0.15, -0.1) is 0 Å². The minimum Gasteiger partial charge on any atom is -0.384 e. The monoisotopic (exact) mass is 479 g/mol. The Kier molecular flexibility index (Phi) is 7.64. The van der Waals surface area contributed by atoms with Crippen molar-refractivity contribution in [3.63, 3.8) is 0 Å². The predicted octanol–water partition coefficient (Wildman–Crippen LogP) is 4.57. The van der Waals surface area contributed by atoms with Crippen LogP contribution in [-0.4, -0.2) is 61.4 Å². The highest BCUT2D eigenvalue weighted by Crippen LogP contribution is 2.47. The third-order valence-electron chi connectivity index (χ3n) is 6.67. The fraction of sp³-hybridized carbons (Fsp3) is 0.500. The minimum atomic E-state index is 0.0464. The van der Waals surface area contributed by atoms with Gasteiger partial charge in [0.25, 0.3) is 0 Å². The van der Waals surface area contributed by atoms with Crippen LogP contribution in [0.3, 0.4) is 0 Å². The average Bonchev–Trinajstić information content (AvgIpc) is 3.67. The van der Waals surface area contributed by atoms with Crippen LogP contribution in [0.4, 0.5) is 11.5 Å². The first kappa shape index (κ1) is 24.4. The lowest BCUT2D eigenvalue weighted by Gasteiger charge is -2.41. The van der Waals surface area contributed by atoms with E-state index in [2.05, 4.69) is 34.7 Å². The number of ether oxygens (including phenoxy) is 1. The van der Waals surface area contributed by atoms with Gasteiger partial charge in [-0.25, -0.2) is 4.98 Å². The quantitative estimate of drug-likeness (QED) is 0.556. The van der Waals surface area contributed by atoms with Gasteiger partial charge in [0.2, 0.25) is 5.91 Å². The highest BCUT2D eigenvalue weighted by atomic mass is 32.2. The highest BCUT2D eigenvalue weighted by Gasteiger charge is 2.34. The molecule has 1 N–H and O–H groups in total. The number of nitrogens with one attached hydrogen (secondary N) is 1. The molecule has 1 aromatic heterocycles. The molecule has 2 fully saturated rings. The molecule has 0 bridgehead atoms. The van der Waals surface area contributed by atoms with Gasteiger partial charge in [-0.3, -0.25) is 4.79 Å². The van der Waals surface area contributed by atoms with Crippen LogP contribution in [0.2, 0.25) is 0 Å². The second-order valence-electron chi connectivity index (χ2n) is 9.09. The number of carbonyl (C=O) groups is 1. The van der Waals surface area contributed by atoms with Gasteiger partial charge in [0.05, 0.1) is 24.3 Å². The van der Waals surface area contributed by atoms with Gasteiger partial charge in [0.15, 0.2) is 0 Å². The molecule has 0 radical (unpaired) electrons. The fourth-order valence-corrected chi connectivity index (χ4v) is 5.16. The summed E-state index contributed by atoms with van der Waals surface area (Å²) in [6, 6.07) is 10.8. The number of nitriles is 1. The maximum atomic E-state index is 12.6. The second-order valence-corrected chi connectivity index (χ2v) is 9.71. The Morgan fingerprint density at radius 2 is 2.15 bits per heavy atom. The van der Waals surface area contributed by atoms with E-state index in [9.17, 15) is 10.1 Å². The Hall–Kier alpha value is -2.76. The lowest BCUT2D eigenvalue weighted by Crippen LogP contribution is -2.54. The summed E-state index contributed by atoms with van der Waals surface area (Å²) in [5.41, 5.74) is 5.94. The van der Waals surface area contributed by atoms with Crippen molar-refractivity contribution in [2.75, 3.05) is 49.2 Å². The van der Waals surface area contributed by atoms with Gasteiger partial charge in [0.1, 0.15) is 11.9 Å². The molecular formula is C26H33N5O2S. The summed E-state index contributed by atoms with van der Waals surface area (Å²) in [7, 11) is 1.61. The van der Waals surface area contributed by atoms with E-state index in [4.69, 9.17) is 9.72 Å². The molecule has 1 aliphatic carbocycles. The zero-order valence-corrected chi connectivity index (χ0v) is 21.2. The second kappa shape index (κ2) is 10.7. The Bertz CT molecular complexity index is 1100. The fourth-order valence-electron chi connectivity index (χ4n) is 4.80. The number of methoxy groups -OCH3 is 1. The minimum absolute atomic E-state index is 0.0464. The van der Waals surface area contributed by atoms with Crippen LogP contribution < -0.4 is 9.62 Å². The molecule has 1 saturated heterocycles. The molecule has 7 nitrogen and oxygen atoms in total. The van der Waals surface area contributed by atoms with Crippen LogP contribution in [0.5, 0.6) is 0 Å². The van der Waals surface area contributed by atoms with Crippen LogP contribution in [0.1, 0.15) is 48.9 Å². The van der Waals surface area contributed by atoms with E-state index in [0.717, 1.165) is 46.7 Å². The molecule has 8 heteroatoms. The van der Waals surface area contributed by atoms with Gasteiger partial charge in [-0.05, 0) is 49.9 Å². The SMILES string of the molecule is COCCC(=O)N1CCN(c2nc(C3CC3)c(-c3cccc(NSC)c3)c(C)c2C#N)CC1C. The number of carbonyl (C=O) groups excluding carboxylic acids is 1. The molecule has 34 heavy (non-hydrogen) atoms. The first-order valence-corrected chi connectivity index (χ1v) is 13.1. The number of amides is 1. The molecule has 1 unspecified atom stereocenters. The van der Waals surface area contributed by atoms with Gasteiger partial charge in [0, 0.05) is 56.2 Å². The average molecular weight is 480 g/mol. The molecule has 2 aromatic rings. The molecule has 180 valence electrons. The van der Waals surface area contributed by atoms with Crippen LogP contribution >= 0.6 is 11.9 Å². The summed E-state index contributed by atoms with van der Waals surface area (Å²) >= 11 is 1.56. The standard InChI is InChI=1S/C26H33N5O2S/c1-17-16-30(11-12-31(17)23(32)10-13-33-3)26-22(15-27)18(2)24(25(28-26)19-8-9-19)20-6-5-7-21(14-20)29-34-4/h5-7,14,17,19,29H,8-13,16H2,1-4H3. The maximum Gasteiger partial charge on any atom is 0.225 e. The zero-order chi connectivity index (χ0) is 24.2. The van der Waals surface area contributed by atoms with E-state index in [1.807, 2.05) is 30.2 Å². The normalized spacial score (nSPS) is 18.0. The van der Waals surface area contributed by atoms with Crippen LogP contribution in [-0.2, 0) is 9.53 Å². The lowest BCUT2D eigenvalue weighted by molar-refractivity contribution is -0.134. The summed E-state index contributed by atoms with van der Waals surface area (Å²) in [5.74, 6) is 1.32. The molecule has 1 amide bonds. The smallest absolute Gasteiger partial charge is 0.225 e. The van der Waals surface area contributed by atoms with Crippen molar-refractivity contribution in [3.8, 4) is 17.2 Å². The molecule has 1 atom stereocenters. The first-order chi connectivity index (χ1) is 16.5. The number of anilines is 2. The van der Waals surface area contributed by atoms with Crippen molar-refractivity contribution in [2.45, 2.75) is 45.1 Å². The van der Waals surface area contributed by atoms with Crippen molar-refractivity contribution in [2.24, 2.45) is 0 Å². The molecule has 0 spiro atoms. The largest absolute Gasteiger partial charge is 0.384 e. The Labute approximate surface area is 206 Å². The number of hydrogen-bond acceptors (Lipinski definition) is 7. The van der Waals surface area contributed by atoms with E-state index in [0.29, 0.717) is 44.1 Å². The molecule has 1 aromatic carbocycles. The Morgan fingerprint density at radius 1 is 1.35 bits per heavy atom. The van der Waals surface area contributed by atoms with Gasteiger partial charge in [-0.2, -0.15) is 5.26 Å². The number of benzene rings is 1. The van der Waals surface area contributed by atoms with E-state index < -0.39 is 0 Å². The maximum absolute atomic E-state index is 12.6. The first-order valence-electron chi connectivity index (χ1n) is 11.9. The highest BCUT2D eigenvalue weighted by molar-refractivity contribution is 7.99. The summed E-state index contributed by atoms with van der Waals surface area (Å²) in [6.45, 7) is 6.50. The van der Waals surface area contributed by atoms with Crippen LogP contribution in [0.25, 0.3) is 11.1 Å². The molecule has 1 aliphatic heterocycles. The predicted molar refractivity (Wildman–Crippen MR) is 138 cm³/mol. The van der Waals surface area contributed by atoms with E-state index >= 15 is 0 Å². The third kappa shape index (κ3) is 5.01. The molecule has 1 saturated carbocycles. The number of piperazine rings is 1. The zero-order valence-electron chi connectivity index (χ0n) is 20.4. The number of rotatable bonds is 8. The Morgan fingerprint density at radius 3 is 2.79 bits per heavy atom. The molecule has 4 rings (SSSR count). The topological polar surface area (TPSA) is 81.5 Å². The van der Waals surface area contributed by atoms with Crippen molar-refractivity contribution in [3.05, 3.63) is 41.1 Å².